The van der Waals surface area contributed by atoms with Gasteiger partial charge in [-0.2, -0.15) is 0 Å². The van der Waals surface area contributed by atoms with Gasteiger partial charge >= 0.3 is 0 Å². The zero-order chi connectivity index (χ0) is 17.1. The predicted molar refractivity (Wildman–Crippen MR) is 89.9 cm³/mol. The average molecular weight is 346 g/mol. The lowest BCUT2D eigenvalue weighted by Crippen LogP contribution is -2.13. The Morgan fingerprint density at radius 1 is 1.29 bits per heavy atom. The molecule has 2 heterocycles. The summed E-state index contributed by atoms with van der Waals surface area (Å²) in [5.41, 5.74) is 2.04. The Morgan fingerprint density at radius 2 is 2.08 bits per heavy atom. The molecule has 3 rings (SSSR count). The van der Waals surface area contributed by atoms with Crippen LogP contribution in [0.4, 0.5) is 5.69 Å². The van der Waals surface area contributed by atoms with Crippen molar-refractivity contribution in [3.05, 3.63) is 52.8 Å². The highest BCUT2D eigenvalue weighted by Gasteiger charge is 2.14. The maximum Gasteiger partial charge on any atom is 0.225 e. The number of anilines is 1. The molecule has 1 amide bonds. The van der Waals surface area contributed by atoms with Crippen LogP contribution in [0.3, 0.4) is 0 Å². The topological polar surface area (TPSA) is 81.2 Å². The number of nitrogens with one attached hydrogen (secondary N) is 1. The summed E-state index contributed by atoms with van der Waals surface area (Å²) in [5.74, 6) is 1.50. The number of halogens is 1. The van der Waals surface area contributed by atoms with E-state index >= 15 is 0 Å². The lowest BCUT2D eigenvalue weighted by atomic mass is 10.2. The van der Waals surface area contributed by atoms with Crippen LogP contribution in [0.1, 0.15) is 23.8 Å². The van der Waals surface area contributed by atoms with Gasteiger partial charge in [0.05, 0.1) is 11.2 Å². The molecule has 124 valence electrons. The molecule has 0 unspecified atom stereocenters. The molecule has 24 heavy (non-hydrogen) atoms. The standard InChI is InChI=1S/C17H16ClN3O3/c1-10-17(11(2)24-21-10)20-15(22)7-8-16-19-9-14(23-16)12-5-3-4-6-13(12)18/h3-6,9H,7-8H2,1-2H3,(H,20,22). The number of nitrogens with zero attached hydrogens (tertiary/aromatic N) is 2. The highest BCUT2D eigenvalue weighted by molar-refractivity contribution is 6.33. The number of rotatable bonds is 5. The molecule has 7 heteroatoms. The van der Waals surface area contributed by atoms with E-state index in [9.17, 15) is 4.79 Å². The molecule has 6 nitrogen and oxygen atoms in total. The Morgan fingerprint density at radius 3 is 2.79 bits per heavy atom. The van der Waals surface area contributed by atoms with Crippen LogP contribution in [-0.2, 0) is 11.2 Å². The molecular weight excluding hydrogens is 330 g/mol. The summed E-state index contributed by atoms with van der Waals surface area (Å²) < 4.78 is 10.7. The molecule has 0 saturated carbocycles. The molecule has 0 saturated heterocycles. The first-order valence-corrected chi connectivity index (χ1v) is 7.84. The number of aromatic nitrogens is 2. The van der Waals surface area contributed by atoms with Gasteiger partial charge in [-0.3, -0.25) is 4.79 Å². The van der Waals surface area contributed by atoms with Crippen LogP contribution < -0.4 is 5.32 Å². The Bertz CT molecular complexity index is 850. The van der Waals surface area contributed by atoms with Crippen LogP contribution in [0.15, 0.2) is 39.4 Å². The van der Waals surface area contributed by atoms with Crippen LogP contribution in [0, 0.1) is 13.8 Å². The minimum absolute atomic E-state index is 0.151. The first-order chi connectivity index (χ1) is 11.5. The van der Waals surface area contributed by atoms with Gasteiger partial charge in [-0.15, -0.1) is 0 Å². The van der Waals surface area contributed by atoms with Gasteiger partial charge in [0.15, 0.2) is 17.4 Å². The number of hydrogen-bond donors (Lipinski definition) is 1. The predicted octanol–water partition coefficient (Wildman–Crippen LogP) is 4.17. The van der Waals surface area contributed by atoms with Crippen molar-refractivity contribution in [1.82, 2.24) is 10.1 Å². The van der Waals surface area contributed by atoms with E-state index in [-0.39, 0.29) is 12.3 Å². The van der Waals surface area contributed by atoms with E-state index in [0.29, 0.717) is 40.2 Å². The maximum absolute atomic E-state index is 12.0. The third-order valence-corrected chi connectivity index (χ3v) is 3.89. The quantitative estimate of drug-likeness (QED) is 0.750. The second kappa shape index (κ2) is 6.88. The molecule has 1 aromatic carbocycles. The van der Waals surface area contributed by atoms with E-state index in [1.165, 1.54) is 0 Å². The molecule has 0 bridgehead atoms. The van der Waals surface area contributed by atoms with Gasteiger partial charge in [0.2, 0.25) is 5.91 Å². The SMILES string of the molecule is Cc1noc(C)c1NC(=O)CCc1ncc(-c2ccccc2Cl)o1. The zero-order valence-corrected chi connectivity index (χ0v) is 14.1. The fraction of sp³-hybridized carbons (Fsp3) is 0.235. The molecule has 1 N–H and O–H groups in total. The maximum atomic E-state index is 12.0. The van der Waals surface area contributed by atoms with Crippen molar-refractivity contribution in [3.8, 4) is 11.3 Å². The van der Waals surface area contributed by atoms with E-state index in [2.05, 4.69) is 15.5 Å². The van der Waals surface area contributed by atoms with E-state index in [1.54, 1.807) is 26.1 Å². The van der Waals surface area contributed by atoms with Gasteiger partial charge in [-0.1, -0.05) is 28.9 Å². The van der Waals surface area contributed by atoms with Gasteiger partial charge in [-0.25, -0.2) is 4.98 Å². The van der Waals surface area contributed by atoms with Gasteiger partial charge in [0, 0.05) is 18.4 Å². The second-order valence-electron chi connectivity index (χ2n) is 5.35. The minimum atomic E-state index is -0.151. The molecule has 0 aliphatic carbocycles. The molecule has 2 aromatic heterocycles. The number of benzene rings is 1. The van der Waals surface area contributed by atoms with Crippen molar-refractivity contribution in [2.45, 2.75) is 26.7 Å². The molecule has 0 atom stereocenters. The Kier molecular flexibility index (Phi) is 4.66. The smallest absolute Gasteiger partial charge is 0.225 e. The monoisotopic (exact) mass is 345 g/mol. The van der Waals surface area contributed by atoms with Crippen LogP contribution in [0.2, 0.25) is 5.02 Å². The molecule has 0 aliphatic heterocycles. The molecular formula is C17H16ClN3O3. The van der Waals surface area contributed by atoms with E-state index in [0.717, 1.165) is 5.56 Å². The summed E-state index contributed by atoms with van der Waals surface area (Å²) in [4.78, 5) is 16.2. The van der Waals surface area contributed by atoms with Crippen molar-refractivity contribution in [2.24, 2.45) is 0 Å². The average Bonchev–Trinajstić information content (AvgIpc) is 3.15. The summed E-state index contributed by atoms with van der Waals surface area (Å²) >= 11 is 6.14. The fourth-order valence-electron chi connectivity index (χ4n) is 2.30. The molecule has 3 aromatic rings. The lowest BCUT2D eigenvalue weighted by molar-refractivity contribution is -0.116. The number of carbonyl (C=O) groups excluding carboxylic acids is 1. The van der Waals surface area contributed by atoms with Crippen molar-refractivity contribution in [1.29, 1.82) is 0 Å². The highest BCUT2D eigenvalue weighted by atomic mass is 35.5. The summed E-state index contributed by atoms with van der Waals surface area (Å²) in [6.45, 7) is 3.52. The van der Waals surface area contributed by atoms with Crippen LogP contribution in [0.25, 0.3) is 11.3 Å². The van der Waals surface area contributed by atoms with Gasteiger partial charge < -0.3 is 14.3 Å². The number of oxazole rings is 1. The first-order valence-electron chi connectivity index (χ1n) is 7.47. The Hall–Kier alpha value is -2.60. The van der Waals surface area contributed by atoms with E-state index in [1.807, 2.05) is 18.2 Å². The molecule has 0 spiro atoms. The molecule has 0 radical (unpaired) electrons. The third-order valence-electron chi connectivity index (χ3n) is 3.56. The largest absolute Gasteiger partial charge is 0.441 e. The van der Waals surface area contributed by atoms with Crippen LogP contribution in [0.5, 0.6) is 0 Å². The molecule has 0 fully saturated rings. The van der Waals surface area contributed by atoms with Gasteiger partial charge in [0.1, 0.15) is 11.4 Å². The minimum Gasteiger partial charge on any atom is -0.441 e. The molecule has 0 aliphatic rings. The van der Waals surface area contributed by atoms with E-state index < -0.39 is 0 Å². The third kappa shape index (κ3) is 3.49. The normalized spacial score (nSPS) is 10.8. The van der Waals surface area contributed by atoms with Crippen LogP contribution in [-0.4, -0.2) is 16.0 Å². The van der Waals surface area contributed by atoms with Crippen molar-refractivity contribution < 1.29 is 13.7 Å². The van der Waals surface area contributed by atoms with Gasteiger partial charge in [-0.05, 0) is 26.0 Å². The number of aryl methyl sites for hydroxylation is 3. The number of hydrogen-bond acceptors (Lipinski definition) is 5. The first kappa shape index (κ1) is 16.3. The van der Waals surface area contributed by atoms with Crippen molar-refractivity contribution >= 4 is 23.2 Å². The second-order valence-corrected chi connectivity index (χ2v) is 5.75. The summed E-state index contributed by atoms with van der Waals surface area (Å²) in [6, 6.07) is 7.37. The number of amides is 1. The van der Waals surface area contributed by atoms with Gasteiger partial charge in [0.25, 0.3) is 0 Å². The Labute approximate surface area is 143 Å². The summed E-state index contributed by atoms with van der Waals surface area (Å²) in [7, 11) is 0. The van der Waals surface area contributed by atoms with Crippen molar-refractivity contribution in [2.75, 3.05) is 5.32 Å². The fourth-order valence-corrected chi connectivity index (χ4v) is 2.52. The Balaban J connectivity index is 1.62. The highest BCUT2D eigenvalue weighted by Crippen LogP contribution is 2.28. The lowest BCUT2D eigenvalue weighted by Gasteiger charge is -2.03. The summed E-state index contributed by atoms with van der Waals surface area (Å²) in [6.07, 6.45) is 2.24. The number of carbonyl (C=O) groups is 1. The zero-order valence-electron chi connectivity index (χ0n) is 13.3. The summed E-state index contributed by atoms with van der Waals surface area (Å²) in [5, 5.41) is 7.18. The van der Waals surface area contributed by atoms with Crippen molar-refractivity contribution in [3.63, 3.8) is 0 Å². The van der Waals surface area contributed by atoms with Crippen LogP contribution >= 0.6 is 11.6 Å². The van der Waals surface area contributed by atoms with E-state index in [4.69, 9.17) is 20.5 Å².